The molecule has 0 bridgehead atoms. The van der Waals surface area contributed by atoms with Crippen LogP contribution in [0.1, 0.15) is 13.3 Å². The molecule has 0 saturated heterocycles. The maximum atomic E-state index is 2.24. The maximum absolute atomic E-state index is 2.24. The highest BCUT2D eigenvalue weighted by Gasteiger charge is 2.07. The Kier molecular flexibility index (Phi) is 1.97. The summed E-state index contributed by atoms with van der Waals surface area (Å²) < 4.78 is 2.23. The molecule has 1 nitrogen and oxygen atoms in total. The third-order valence-electron chi connectivity index (χ3n) is 1.28. The molecule has 1 rings (SSSR count). The normalized spacial score (nSPS) is 21.5. The molecule has 0 spiro atoms. The van der Waals surface area contributed by atoms with Gasteiger partial charge < -0.3 is 0 Å². The second kappa shape index (κ2) is 2.55. The SMILES string of the molecule is CCC1=CSN(C)C1. The average Bonchev–Trinajstić information content (AvgIpc) is 2.14. The summed E-state index contributed by atoms with van der Waals surface area (Å²) in [5, 5.41) is 2.24. The molecule has 0 aliphatic carbocycles. The van der Waals surface area contributed by atoms with E-state index in [0.29, 0.717) is 0 Å². The molecule has 0 aromatic rings. The Morgan fingerprint density at radius 3 is 2.88 bits per heavy atom. The molecular weight excluding hydrogens is 118 g/mol. The summed E-state index contributed by atoms with van der Waals surface area (Å²) in [7, 11) is 2.11. The highest BCUT2D eigenvalue weighted by molar-refractivity contribution is 8.00. The van der Waals surface area contributed by atoms with Gasteiger partial charge in [0.05, 0.1) is 0 Å². The Morgan fingerprint density at radius 1 is 1.88 bits per heavy atom. The van der Waals surface area contributed by atoms with Gasteiger partial charge in [-0.1, -0.05) is 18.9 Å². The molecule has 1 heterocycles. The van der Waals surface area contributed by atoms with Crippen LogP contribution >= 0.6 is 11.9 Å². The number of hydrogen-bond donors (Lipinski definition) is 0. The van der Waals surface area contributed by atoms with Crippen LogP contribution in [0.2, 0.25) is 0 Å². The molecule has 0 unspecified atom stereocenters. The van der Waals surface area contributed by atoms with E-state index in [1.807, 2.05) is 0 Å². The van der Waals surface area contributed by atoms with Crippen LogP contribution in [-0.2, 0) is 0 Å². The molecule has 0 fully saturated rings. The Balaban J connectivity index is 2.37. The number of likely N-dealkylation sites (N-methyl/N-ethyl adjacent to an activating group) is 1. The Bertz CT molecular complexity index is 109. The van der Waals surface area contributed by atoms with Gasteiger partial charge in [-0.25, -0.2) is 4.31 Å². The van der Waals surface area contributed by atoms with Crippen LogP contribution in [0.5, 0.6) is 0 Å². The third kappa shape index (κ3) is 1.26. The van der Waals surface area contributed by atoms with Crippen molar-refractivity contribution in [2.24, 2.45) is 0 Å². The van der Waals surface area contributed by atoms with E-state index >= 15 is 0 Å². The zero-order valence-electron chi connectivity index (χ0n) is 5.35. The molecule has 1 aliphatic rings. The van der Waals surface area contributed by atoms with Crippen LogP contribution in [0.3, 0.4) is 0 Å². The van der Waals surface area contributed by atoms with Gasteiger partial charge in [-0.3, -0.25) is 0 Å². The van der Waals surface area contributed by atoms with Crippen molar-refractivity contribution in [2.45, 2.75) is 13.3 Å². The smallest absolute Gasteiger partial charge is 0.0308 e. The third-order valence-corrected chi connectivity index (χ3v) is 2.21. The Labute approximate surface area is 54.9 Å². The van der Waals surface area contributed by atoms with Crippen molar-refractivity contribution in [1.29, 1.82) is 0 Å². The largest absolute Gasteiger partial charge is 0.246 e. The minimum Gasteiger partial charge on any atom is -0.246 e. The van der Waals surface area contributed by atoms with Gasteiger partial charge >= 0.3 is 0 Å². The first-order valence-electron chi connectivity index (χ1n) is 2.88. The Morgan fingerprint density at radius 2 is 2.62 bits per heavy atom. The summed E-state index contributed by atoms with van der Waals surface area (Å²) in [4.78, 5) is 0. The second-order valence-corrected chi connectivity index (χ2v) is 3.09. The molecular formula is C6H11NS. The molecule has 0 atom stereocenters. The van der Waals surface area contributed by atoms with Crippen molar-refractivity contribution >= 4 is 11.9 Å². The van der Waals surface area contributed by atoms with Crippen LogP contribution in [0.25, 0.3) is 0 Å². The lowest BCUT2D eigenvalue weighted by Gasteiger charge is -2.03. The van der Waals surface area contributed by atoms with Gasteiger partial charge in [-0.15, -0.1) is 0 Å². The lowest BCUT2D eigenvalue weighted by molar-refractivity contribution is 0.624. The summed E-state index contributed by atoms with van der Waals surface area (Å²) >= 11 is 1.80. The molecule has 0 amide bonds. The van der Waals surface area contributed by atoms with Crippen LogP contribution in [0, 0.1) is 0 Å². The maximum Gasteiger partial charge on any atom is 0.0308 e. The predicted octanol–water partition coefficient (Wildman–Crippen LogP) is 1.87. The average molecular weight is 129 g/mol. The highest BCUT2D eigenvalue weighted by atomic mass is 32.2. The van der Waals surface area contributed by atoms with Crippen LogP contribution < -0.4 is 0 Å². The molecule has 8 heavy (non-hydrogen) atoms. The minimum atomic E-state index is 1.15. The number of hydrogen-bond acceptors (Lipinski definition) is 2. The number of rotatable bonds is 1. The summed E-state index contributed by atoms with van der Waals surface area (Å²) in [6.07, 6.45) is 1.21. The van der Waals surface area contributed by atoms with Gasteiger partial charge in [-0.2, -0.15) is 0 Å². The zero-order valence-corrected chi connectivity index (χ0v) is 6.16. The highest BCUT2D eigenvalue weighted by Crippen LogP contribution is 2.22. The fourth-order valence-corrected chi connectivity index (χ4v) is 1.53. The van der Waals surface area contributed by atoms with Gasteiger partial charge in [0, 0.05) is 6.54 Å². The molecule has 0 N–H and O–H groups in total. The molecule has 2 heteroatoms. The van der Waals surface area contributed by atoms with E-state index in [2.05, 4.69) is 23.7 Å². The topological polar surface area (TPSA) is 3.24 Å². The number of nitrogens with zero attached hydrogens (tertiary/aromatic N) is 1. The van der Waals surface area contributed by atoms with Crippen molar-refractivity contribution in [3.05, 3.63) is 11.0 Å². The zero-order chi connectivity index (χ0) is 5.98. The summed E-state index contributed by atoms with van der Waals surface area (Å²) in [5.74, 6) is 0. The van der Waals surface area contributed by atoms with Crippen LogP contribution in [0.4, 0.5) is 0 Å². The second-order valence-electron chi connectivity index (χ2n) is 2.02. The fourth-order valence-electron chi connectivity index (χ4n) is 0.720. The molecule has 46 valence electrons. The minimum absolute atomic E-state index is 1.15. The van der Waals surface area contributed by atoms with Gasteiger partial charge in [0.25, 0.3) is 0 Å². The standard InChI is InChI=1S/C6H11NS/c1-3-6-4-7(2)8-5-6/h5H,3-4H2,1-2H3. The van der Waals surface area contributed by atoms with Gasteiger partial charge in [0.1, 0.15) is 0 Å². The molecule has 0 radical (unpaired) electrons. The van der Waals surface area contributed by atoms with E-state index in [-0.39, 0.29) is 0 Å². The lowest BCUT2D eigenvalue weighted by Crippen LogP contribution is -2.05. The van der Waals surface area contributed by atoms with Crippen LogP contribution in [-0.4, -0.2) is 17.9 Å². The first-order valence-corrected chi connectivity index (χ1v) is 3.72. The van der Waals surface area contributed by atoms with Gasteiger partial charge in [-0.05, 0) is 24.4 Å². The summed E-state index contributed by atoms with van der Waals surface area (Å²) in [5.41, 5.74) is 1.55. The van der Waals surface area contributed by atoms with Crippen molar-refractivity contribution < 1.29 is 0 Å². The van der Waals surface area contributed by atoms with Gasteiger partial charge in [0.2, 0.25) is 0 Å². The molecule has 0 aromatic heterocycles. The first-order chi connectivity index (χ1) is 3.83. The van der Waals surface area contributed by atoms with E-state index in [1.54, 1.807) is 17.5 Å². The quantitative estimate of drug-likeness (QED) is 0.497. The van der Waals surface area contributed by atoms with Crippen molar-refractivity contribution in [2.75, 3.05) is 13.6 Å². The van der Waals surface area contributed by atoms with E-state index in [0.717, 1.165) is 6.54 Å². The first kappa shape index (κ1) is 6.17. The molecule has 0 aromatic carbocycles. The van der Waals surface area contributed by atoms with Crippen molar-refractivity contribution in [1.82, 2.24) is 4.31 Å². The Hall–Kier alpha value is 0.0500. The van der Waals surface area contributed by atoms with Gasteiger partial charge in [0.15, 0.2) is 0 Å². The molecule has 0 saturated carbocycles. The van der Waals surface area contributed by atoms with Crippen molar-refractivity contribution in [3.63, 3.8) is 0 Å². The fraction of sp³-hybridized carbons (Fsp3) is 0.667. The van der Waals surface area contributed by atoms with E-state index in [4.69, 9.17) is 0 Å². The monoisotopic (exact) mass is 129 g/mol. The van der Waals surface area contributed by atoms with E-state index < -0.39 is 0 Å². The van der Waals surface area contributed by atoms with E-state index in [9.17, 15) is 0 Å². The molecule has 1 aliphatic heterocycles. The van der Waals surface area contributed by atoms with Crippen molar-refractivity contribution in [3.8, 4) is 0 Å². The lowest BCUT2D eigenvalue weighted by atomic mass is 10.2. The predicted molar refractivity (Wildman–Crippen MR) is 38.6 cm³/mol. The van der Waals surface area contributed by atoms with E-state index in [1.165, 1.54) is 6.42 Å². The summed E-state index contributed by atoms with van der Waals surface area (Å²) in [6, 6.07) is 0. The van der Waals surface area contributed by atoms with Crippen LogP contribution in [0.15, 0.2) is 11.0 Å². The summed E-state index contributed by atoms with van der Waals surface area (Å²) in [6.45, 7) is 3.35.